The Kier molecular flexibility index (Phi) is 11.0. The van der Waals surface area contributed by atoms with Crippen molar-refractivity contribution in [2.24, 2.45) is 10.8 Å². The van der Waals surface area contributed by atoms with E-state index in [1.807, 2.05) is 0 Å². The molecule has 0 aliphatic heterocycles. The van der Waals surface area contributed by atoms with Gasteiger partial charge < -0.3 is 5.73 Å². The van der Waals surface area contributed by atoms with E-state index in [-0.39, 0.29) is 18.1 Å². The molecule has 0 amide bonds. The summed E-state index contributed by atoms with van der Waals surface area (Å²) in [5.41, 5.74) is 5.40. The number of nitrogens with two attached hydrogens (primary N) is 1. The second-order valence-electron chi connectivity index (χ2n) is 3.41. The summed E-state index contributed by atoms with van der Waals surface area (Å²) in [5.74, 6) is -0.297. The highest BCUT2D eigenvalue weighted by atomic mass is 19.4. The summed E-state index contributed by atoms with van der Waals surface area (Å²) in [7, 11) is 0. The molecule has 114 valence electrons. The van der Waals surface area contributed by atoms with Gasteiger partial charge in [0.2, 0.25) is 0 Å². The van der Waals surface area contributed by atoms with Gasteiger partial charge in [0.1, 0.15) is 11.5 Å². The van der Waals surface area contributed by atoms with Crippen molar-refractivity contribution in [3.8, 4) is 0 Å². The predicted molar refractivity (Wildman–Crippen MR) is 77.6 cm³/mol. The largest absolute Gasteiger partial charge is 0.390 e. The fourth-order valence-electron chi connectivity index (χ4n) is 1.04. The minimum atomic E-state index is -4.24. The van der Waals surface area contributed by atoms with Crippen LogP contribution >= 0.6 is 0 Å². The van der Waals surface area contributed by atoms with Crippen molar-refractivity contribution in [2.75, 3.05) is 6.54 Å². The molecule has 20 heavy (non-hydrogen) atoms. The van der Waals surface area contributed by atoms with Gasteiger partial charge in [-0.25, -0.2) is 0 Å². The first kappa shape index (κ1) is 20.3. The molecule has 0 radical (unpaired) electrons. The highest BCUT2D eigenvalue weighted by Crippen LogP contribution is 2.19. The van der Waals surface area contributed by atoms with Gasteiger partial charge in [0.15, 0.2) is 0 Å². The molecular weight excluding hydrogens is 269 g/mol. The molecule has 0 aliphatic carbocycles. The molecule has 0 aromatic rings. The zero-order valence-electron chi connectivity index (χ0n) is 11.7. The summed E-state index contributed by atoms with van der Waals surface area (Å²) in [6.45, 7) is 9.05. The van der Waals surface area contributed by atoms with Gasteiger partial charge in [-0.15, -0.1) is 13.2 Å². The van der Waals surface area contributed by atoms with Crippen LogP contribution in [0.5, 0.6) is 0 Å². The molecular formula is C13H21F3N4. The van der Waals surface area contributed by atoms with Crippen molar-refractivity contribution >= 4 is 11.5 Å². The van der Waals surface area contributed by atoms with Crippen LogP contribution in [-0.4, -0.2) is 29.3 Å². The molecule has 0 rings (SSSR count). The van der Waals surface area contributed by atoms with Crippen molar-refractivity contribution in [1.82, 2.24) is 5.01 Å². The van der Waals surface area contributed by atoms with Gasteiger partial charge in [0, 0.05) is 12.7 Å². The maximum atomic E-state index is 12.1. The molecule has 0 unspecified atom stereocenters. The lowest BCUT2D eigenvalue weighted by molar-refractivity contribution is -0.136. The first-order valence-corrected chi connectivity index (χ1v) is 5.82. The maximum Gasteiger partial charge on any atom is 0.390 e. The van der Waals surface area contributed by atoms with E-state index in [4.69, 9.17) is 11.1 Å². The number of halogens is 3. The maximum absolute atomic E-state index is 12.1. The smallest absolute Gasteiger partial charge is 0.382 e. The minimum Gasteiger partial charge on any atom is -0.382 e. The van der Waals surface area contributed by atoms with Crippen molar-refractivity contribution < 1.29 is 13.2 Å². The number of amidine groups is 1. The third kappa shape index (κ3) is 11.1. The lowest BCUT2D eigenvalue weighted by atomic mass is 10.3. The van der Waals surface area contributed by atoms with Crippen molar-refractivity contribution in [1.29, 1.82) is 5.41 Å². The topological polar surface area (TPSA) is 65.5 Å². The van der Waals surface area contributed by atoms with E-state index in [9.17, 15) is 13.2 Å². The average Bonchev–Trinajstić information content (AvgIpc) is 2.36. The molecule has 3 N–H and O–H groups in total. The van der Waals surface area contributed by atoms with E-state index >= 15 is 0 Å². The van der Waals surface area contributed by atoms with Crippen LogP contribution in [0.1, 0.15) is 20.3 Å². The van der Waals surface area contributed by atoms with Crippen LogP contribution in [0.4, 0.5) is 13.2 Å². The van der Waals surface area contributed by atoms with Crippen LogP contribution in [0.2, 0.25) is 0 Å². The van der Waals surface area contributed by atoms with Gasteiger partial charge in [0.25, 0.3) is 0 Å². The molecule has 0 aliphatic rings. The number of alkyl halides is 3. The highest BCUT2D eigenvalue weighted by molar-refractivity contribution is 6.43. The molecule has 0 heterocycles. The summed E-state index contributed by atoms with van der Waals surface area (Å²) in [6.07, 6.45) is 0.809. The summed E-state index contributed by atoms with van der Waals surface area (Å²) in [4.78, 5) is 0. The predicted octanol–water partition coefficient (Wildman–Crippen LogP) is 3.44. The number of hydrazone groups is 1. The van der Waals surface area contributed by atoms with E-state index in [0.29, 0.717) is 0 Å². The fraction of sp³-hybridized carbons (Fsp3) is 0.385. The molecule has 0 aromatic heterocycles. The molecule has 4 nitrogen and oxygen atoms in total. The Balaban J connectivity index is 0. The van der Waals surface area contributed by atoms with Crippen LogP contribution in [0.15, 0.2) is 42.7 Å². The van der Waals surface area contributed by atoms with E-state index < -0.39 is 12.6 Å². The number of rotatable bonds is 6. The number of nitrogens with one attached hydrogen (secondary N) is 1. The van der Waals surface area contributed by atoms with Crippen LogP contribution < -0.4 is 5.73 Å². The van der Waals surface area contributed by atoms with Crippen LogP contribution in [0.25, 0.3) is 0 Å². The van der Waals surface area contributed by atoms with E-state index in [1.165, 1.54) is 12.3 Å². The molecule has 0 atom stereocenters. The number of nitrogens with zero attached hydrogens (tertiary/aromatic N) is 2. The van der Waals surface area contributed by atoms with Crippen molar-refractivity contribution in [3.05, 3.63) is 37.6 Å². The van der Waals surface area contributed by atoms with Crippen molar-refractivity contribution in [2.45, 2.75) is 26.4 Å². The van der Waals surface area contributed by atoms with Crippen LogP contribution in [-0.2, 0) is 0 Å². The van der Waals surface area contributed by atoms with E-state index in [2.05, 4.69) is 18.3 Å². The minimum absolute atomic E-state index is 0.123. The summed E-state index contributed by atoms with van der Waals surface area (Å²) in [6, 6.07) is 0. The lowest BCUT2D eigenvalue weighted by Crippen LogP contribution is -2.26. The van der Waals surface area contributed by atoms with Crippen LogP contribution in [0.3, 0.4) is 0 Å². The SMILES string of the molecule is C/C=C/C(=N\N(/C=C/C)CCC(F)(F)F)C(=N)N.C=C. The molecule has 0 saturated carbocycles. The Labute approximate surface area is 117 Å². The van der Waals surface area contributed by atoms with Crippen molar-refractivity contribution in [3.63, 3.8) is 0 Å². The monoisotopic (exact) mass is 290 g/mol. The summed E-state index contributed by atoms with van der Waals surface area (Å²) >= 11 is 0. The Morgan fingerprint density at radius 1 is 1.30 bits per heavy atom. The Bertz CT molecular complexity index is 370. The zero-order valence-corrected chi connectivity index (χ0v) is 11.7. The van der Waals surface area contributed by atoms with E-state index in [1.54, 1.807) is 26.0 Å². The fourth-order valence-corrected chi connectivity index (χ4v) is 1.04. The zero-order chi connectivity index (χ0) is 16.2. The molecule has 7 heteroatoms. The summed E-state index contributed by atoms with van der Waals surface area (Å²) < 4.78 is 36.4. The first-order valence-electron chi connectivity index (χ1n) is 5.82. The van der Waals surface area contributed by atoms with E-state index in [0.717, 1.165) is 5.01 Å². The molecule has 0 spiro atoms. The lowest BCUT2D eigenvalue weighted by Gasteiger charge is -2.16. The molecule has 0 bridgehead atoms. The standard InChI is InChI=1S/C11H17F3N4.C2H4/c1-3-5-9(10(15)16)17-18(7-4-2)8-6-11(12,13)14;1-2/h3-5,7H,6,8H2,1-2H3,(H3,15,16);1-2H2/b5-3+,7-4+,17-9+;. The second kappa shape index (κ2) is 10.8. The van der Waals surface area contributed by atoms with Gasteiger partial charge in [-0.2, -0.15) is 18.3 Å². The quantitative estimate of drug-likeness (QED) is 0.340. The van der Waals surface area contributed by atoms with Gasteiger partial charge in [-0.1, -0.05) is 12.2 Å². The Morgan fingerprint density at radius 2 is 1.85 bits per heavy atom. The third-order valence-electron chi connectivity index (χ3n) is 1.78. The van der Waals surface area contributed by atoms with Gasteiger partial charge >= 0.3 is 6.18 Å². The van der Waals surface area contributed by atoms with Crippen LogP contribution in [0, 0.1) is 5.41 Å². The third-order valence-corrected chi connectivity index (χ3v) is 1.78. The van der Waals surface area contributed by atoms with Gasteiger partial charge in [-0.05, 0) is 19.9 Å². The first-order chi connectivity index (χ1) is 9.30. The number of hydrogen-bond donors (Lipinski definition) is 2. The number of hydrogen-bond acceptors (Lipinski definition) is 3. The Morgan fingerprint density at radius 3 is 2.20 bits per heavy atom. The Hall–Kier alpha value is -2.05. The molecule has 0 saturated heterocycles. The van der Waals surface area contributed by atoms with Gasteiger partial charge in [-0.3, -0.25) is 10.4 Å². The average molecular weight is 290 g/mol. The molecule has 0 aromatic carbocycles. The number of allylic oxidation sites excluding steroid dienone is 2. The normalized spacial score (nSPS) is 12.3. The second-order valence-corrected chi connectivity index (χ2v) is 3.41. The summed E-state index contributed by atoms with van der Waals surface area (Å²) in [5, 5.41) is 12.3. The highest BCUT2D eigenvalue weighted by Gasteiger charge is 2.27. The van der Waals surface area contributed by atoms with Gasteiger partial charge in [0.05, 0.1) is 6.42 Å². The molecule has 0 fully saturated rings.